The number of benzene rings is 1. The molecule has 4 nitrogen and oxygen atoms in total. The molecule has 20 heavy (non-hydrogen) atoms. The van der Waals surface area contributed by atoms with Crippen LogP contribution in [0.2, 0.25) is 0 Å². The summed E-state index contributed by atoms with van der Waals surface area (Å²) in [6.07, 6.45) is 3.86. The average Bonchev–Trinajstić information content (AvgIpc) is 2.89. The van der Waals surface area contributed by atoms with E-state index in [0.717, 1.165) is 18.0 Å². The van der Waals surface area contributed by atoms with Gasteiger partial charge in [-0.05, 0) is 42.9 Å². The Labute approximate surface area is 121 Å². The molecule has 0 aromatic heterocycles. The van der Waals surface area contributed by atoms with Crippen LogP contribution in [0, 0.1) is 5.92 Å². The Bertz CT molecular complexity index is 422. The van der Waals surface area contributed by atoms with Gasteiger partial charge in [0.2, 0.25) is 5.75 Å². The molecule has 1 aliphatic carbocycles. The fourth-order valence-corrected chi connectivity index (χ4v) is 2.89. The van der Waals surface area contributed by atoms with Crippen LogP contribution in [0.1, 0.15) is 31.7 Å². The predicted molar refractivity (Wildman–Crippen MR) is 79.7 cm³/mol. The van der Waals surface area contributed by atoms with Gasteiger partial charge in [-0.25, -0.2) is 0 Å². The summed E-state index contributed by atoms with van der Waals surface area (Å²) >= 11 is 0. The highest BCUT2D eigenvalue weighted by Gasteiger charge is 2.21. The van der Waals surface area contributed by atoms with E-state index in [4.69, 9.17) is 14.2 Å². The molecule has 1 fully saturated rings. The molecular formula is C16H25NO3. The van der Waals surface area contributed by atoms with Crippen LogP contribution in [0.15, 0.2) is 12.1 Å². The maximum absolute atomic E-state index is 5.38. The van der Waals surface area contributed by atoms with Crippen LogP contribution < -0.4 is 19.5 Å². The lowest BCUT2D eigenvalue weighted by Gasteiger charge is -2.16. The van der Waals surface area contributed by atoms with E-state index >= 15 is 0 Å². The first-order valence-corrected chi connectivity index (χ1v) is 7.20. The molecule has 1 aliphatic rings. The topological polar surface area (TPSA) is 39.7 Å². The highest BCUT2D eigenvalue weighted by molar-refractivity contribution is 5.53. The lowest BCUT2D eigenvalue weighted by Crippen LogP contribution is -2.25. The van der Waals surface area contributed by atoms with E-state index in [1.54, 1.807) is 21.3 Å². The predicted octanol–water partition coefficient (Wildman–Crippen LogP) is 2.99. The number of hydrogen-bond acceptors (Lipinski definition) is 4. The van der Waals surface area contributed by atoms with Gasteiger partial charge in [-0.3, -0.25) is 0 Å². The Morgan fingerprint density at radius 1 is 1.05 bits per heavy atom. The van der Waals surface area contributed by atoms with Crippen molar-refractivity contribution in [3.8, 4) is 17.2 Å². The normalized spacial score (nSPS) is 21.8. The van der Waals surface area contributed by atoms with Crippen molar-refractivity contribution in [3.63, 3.8) is 0 Å². The van der Waals surface area contributed by atoms with Gasteiger partial charge in [0.05, 0.1) is 21.3 Å². The van der Waals surface area contributed by atoms with Crippen molar-refractivity contribution in [3.05, 3.63) is 17.7 Å². The molecule has 0 saturated heterocycles. The van der Waals surface area contributed by atoms with Crippen molar-refractivity contribution in [2.24, 2.45) is 5.92 Å². The molecule has 0 spiro atoms. The molecule has 0 amide bonds. The Kier molecular flexibility index (Phi) is 5.12. The first-order valence-electron chi connectivity index (χ1n) is 7.20. The average molecular weight is 279 g/mol. The largest absolute Gasteiger partial charge is 0.493 e. The zero-order valence-corrected chi connectivity index (χ0v) is 12.9. The van der Waals surface area contributed by atoms with Crippen LogP contribution in [0.5, 0.6) is 17.2 Å². The highest BCUT2D eigenvalue weighted by atomic mass is 16.5. The molecule has 1 saturated carbocycles. The van der Waals surface area contributed by atoms with E-state index in [9.17, 15) is 0 Å². The van der Waals surface area contributed by atoms with Crippen LogP contribution in [0.25, 0.3) is 0 Å². The van der Waals surface area contributed by atoms with Gasteiger partial charge >= 0.3 is 0 Å². The molecule has 1 aromatic carbocycles. The Balaban J connectivity index is 2.07. The number of hydrogen-bond donors (Lipinski definition) is 1. The van der Waals surface area contributed by atoms with Gasteiger partial charge in [0.1, 0.15) is 0 Å². The molecule has 2 rings (SSSR count). The van der Waals surface area contributed by atoms with E-state index in [1.807, 2.05) is 12.1 Å². The van der Waals surface area contributed by atoms with Crippen molar-refractivity contribution in [1.29, 1.82) is 0 Å². The molecular weight excluding hydrogens is 254 g/mol. The maximum atomic E-state index is 5.38. The number of nitrogens with one attached hydrogen (secondary N) is 1. The van der Waals surface area contributed by atoms with Crippen LogP contribution in [0.4, 0.5) is 0 Å². The molecule has 4 heteroatoms. The highest BCUT2D eigenvalue weighted by Crippen LogP contribution is 2.38. The summed E-state index contributed by atoms with van der Waals surface area (Å²) in [6, 6.07) is 4.64. The van der Waals surface area contributed by atoms with Gasteiger partial charge in [-0.15, -0.1) is 0 Å². The van der Waals surface area contributed by atoms with Gasteiger partial charge in [0, 0.05) is 12.6 Å². The molecule has 112 valence electrons. The monoisotopic (exact) mass is 279 g/mol. The maximum Gasteiger partial charge on any atom is 0.203 e. The third kappa shape index (κ3) is 3.37. The molecule has 0 aliphatic heterocycles. The van der Waals surface area contributed by atoms with Crippen molar-refractivity contribution in [2.75, 3.05) is 21.3 Å². The summed E-state index contributed by atoms with van der Waals surface area (Å²) in [7, 11) is 4.92. The third-order valence-corrected chi connectivity index (χ3v) is 4.01. The SMILES string of the molecule is COc1cc(CNC2CCC(C)C2)cc(OC)c1OC. The number of rotatable bonds is 6. The van der Waals surface area contributed by atoms with Gasteiger partial charge in [-0.1, -0.05) is 6.92 Å². The van der Waals surface area contributed by atoms with E-state index in [0.29, 0.717) is 23.3 Å². The minimum Gasteiger partial charge on any atom is -0.493 e. The second-order valence-electron chi connectivity index (χ2n) is 5.53. The molecule has 0 radical (unpaired) electrons. The summed E-state index contributed by atoms with van der Waals surface area (Å²) < 4.78 is 16.1. The van der Waals surface area contributed by atoms with Crippen LogP contribution in [-0.2, 0) is 6.54 Å². The number of ether oxygens (including phenoxy) is 3. The van der Waals surface area contributed by atoms with E-state index in [-0.39, 0.29) is 0 Å². The molecule has 0 heterocycles. The minimum absolute atomic E-state index is 0.629. The van der Waals surface area contributed by atoms with Crippen LogP contribution >= 0.6 is 0 Å². The van der Waals surface area contributed by atoms with Gasteiger partial charge in [0.25, 0.3) is 0 Å². The summed E-state index contributed by atoms with van der Waals surface area (Å²) in [5.74, 6) is 2.91. The molecule has 1 N–H and O–H groups in total. The van der Waals surface area contributed by atoms with Gasteiger partial charge in [0.15, 0.2) is 11.5 Å². The van der Waals surface area contributed by atoms with Gasteiger partial charge < -0.3 is 19.5 Å². The summed E-state index contributed by atoms with van der Waals surface area (Å²) in [5, 5.41) is 3.62. The minimum atomic E-state index is 0.629. The fraction of sp³-hybridized carbons (Fsp3) is 0.625. The van der Waals surface area contributed by atoms with Crippen molar-refractivity contribution in [2.45, 2.75) is 38.8 Å². The lowest BCUT2D eigenvalue weighted by molar-refractivity contribution is 0.323. The second kappa shape index (κ2) is 6.84. The smallest absolute Gasteiger partial charge is 0.203 e. The molecule has 2 unspecified atom stereocenters. The van der Waals surface area contributed by atoms with Crippen molar-refractivity contribution < 1.29 is 14.2 Å². The van der Waals surface area contributed by atoms with E-state index in [1.165, 1.54) is 19.3 Å². The quantitative estimate of drug-likeness (QED) is 0.869. The van der Waals surface area contributed by atoms with Gasteiger partial charge in [-0.2, -0.15) is 0 Å². The fourth-order valence-electron chi connectivity index (χ4n) is 2.89. The summed E-state index contributed by atoms with van der Waals surface area (Å²) in [4.78, 5) is 0. The molecule has 0 bridgehead atoms. The van der Waals surface area contributed by atoms with Crippen LogP contribution in [-0.4, -0.2) is 27.4 Å². The summed E-state index contributed by atoms with van der Waals surface area (Å²) in [6.45, 7) is 3.15. The van der Waals surface area contributed by atoms with E-state index in [2.05, 4.69) is 12.2 Å². The second-order valence-corrected chi connectivity index (χ2v) is 5.53. The van der Waals surface area contributed by atoms with Crippen molar-refractivity contribution >= 4 is 0 Å². The first-order chi connectivity index (χ1) is 9.67. The van der Waals surface area contributed by atoms with Crippen LogP contribution in [0.3, 0.4) is 0 Å². The number of methoxy groups -OCH3 is 3. The lowest BCUT2D eigenvalue weighted by atomic mass is 10.1. The third-order valence-electron chi connectivity index (χ3n) is 4.01. The zero-order chi connectivity index (χ0) is 14.5. The zero-order valence-electron chi connectivity index (χ0n) is 12.9. The van der Waals surface area contributed by atoms with E-state index < -0.39 is 0 Å². The Morgan fingerprint density at radius 3 is 2.15 bits per heavy atom. The molecule has 1 aromatic rings. The molecule has 2 atom stereocenters. The Morgan fingerprint density at radius 2 is 1.70 bits per heavy atom. The standard InChI is InChI=1S/C16H25NO3/c1-11-5-6-13(7-11)17-10-12-8-14(18-2)16(20-4)15(9-12)19-3/h8-9,11,13,17H,5-7,10H2,1-4H3. The first kappa shape index (κ1) is 15.0. The van der Waals surface area contributed by atoms with Crippen molar-refractivity contribution in [1.82, 2.24) is 5.32 Å². The Hall–Kier alpha value is -1.42. The summed E-state index contributed by atoms with van der Waals surface area (Å²) in [5.41, 5.74) is 1.15.